The molecular weight excluding hydrogens is 292 g/mol. The van der Waals surface area contributed by atoms with Crippen molar-refractivity contribution in [1.29, 1.82) is 0 Å². The summed E-state index contributed by atoms with van der Waals surface area (Å²) in [6, 6.07) is 5.72. The molecule has 2 rings (SSSR count). The number of ether oxygens (including phenoxy) is 1. The van der Waals surface area contributed by atoms with Crippen molar-refractivity contribution >= 4 is 11.9 Å². The Kier molecular flexibility index (Phi) is 7.04. The Hall–Kier alpha value is -1.91. The van der Waals surface area contributed by atoms with Gasteiger partial charge in [0.25, 0.3) is 0 Å². The first kappa shape index (κ1) is 17.4. The highest BCUT2D eigenvalue weighted by atomic mass is 16.5. The van der Waals surface area contributed by atoms with Crippen LogP contribution in [0.4, 0.5) is 0 Å². The molecule has 0 aromatic carbocycles. The van der Waals surface area contributed by atoms with Gasteiger partial charge in [-0.2, -0.15) is 0 Å². The second-order valence-electron chi connectivity index (χ2n) is 6.12. The van der Waals surface area contributed by atoms with Crippen LogP contribution in [0.1, 0.15) is 50.6 Å². The second kappa shape index (κ2) is 9.28. The normalized spacial score (nSPS) is 21.3. The molecular formula is C18H26N2O3. The number of methoxy groups -OCH3 is 1. The lowest BCUT2D eigenvalue weighted by molar-refractivity contribution is -0.147. The summed E-state index contributed by atoms with van der Waals surface area (Å²) >= 11 is 0. The Morgan fingerprint density at radius 1 is 1.26 bits per heavy atom. The molecule has 1 fully saturated rings. The number of carbonyl (C=O) groups is 2. The van der Waals surface area contributed by atoms with Crippen LogP contribution in [0.5, 0.6) is 0 Å². The van der Waals surface area contributed by atoms with E-state index in [1.165, 1.54) is 7.11 Å². The summed E-state index contributed by atoms with van der Waals surface area (Å²) in [5, 5.41) is 3.05. The van der Waals surface area contributed by atoms with Gasteiger partial charge in [0, 0.05) is 24.4 Å². The van der Waals surface area contributed by atoms with Crippen molar-refractivity contribution in [3.8, 4) is 0 Å². The summed E-state index contributed by atoms with van der Waals surface area (Å²) in [5.74, 6) is -0.394. The molecule has 1 saturated carbocycles. The Labute approximate surface area is 137 Å². The van der Waals surface area contributed by atoms with E-state index in [0.717, 1.165) is 50.6 Å². The van der Waals surface area contributed by atoms with E-state index < -0.39 is 0 Å². The van der Waals surface area contributed by atoms with E-state index in [9.17, 15) is 9.59 Å². The van der Waals surface area contributed by atoms with Crippen LogP contribution in [0.15, 0.2) is 24.4 Å². The van der Waals surface area contributed by atoms with Gasteiger partial charge in [0.15, 0.2) is 0 Å². The molecule has 5 heteroatoms. The van der Waals surface area contributed by atoms with Crippen LogP contribution in [-0.4, -0.2) is 30.0 Å². The third kappa shape index (κ3) is 5.66. The number of aryl methyl sites for hydroxylation is 1. The van der Waals surface area contributed by atoms with Crippen molar-refractivity contribution in [1.82, 2.24) is 10.3 Å². The monoisotopic (exact) mass is 318 g/mol. The van der Waals surface area contributed by atoms with E-state index in [0.29, 0.717) is 6.42 Å². The van der Waals surface area contributed by atoms with Gasteiger partial charge in [-0.05, 0) is 37.8 Å². The zero-order valence-corrected chi connectivity index (χ0v) is 13.8. The zero-order chi connectivity index (χ0) is 16.5. The number of hydrogen-bond acceptors (Lipinski definition) is 4. The number of nitrogens with one attached hydrogen (secondary N) is 1. The lowest BCUT2D eigenvalue weighted by atomic mass is 9.94. The van der Waals surface area contributed by atoms with Crippen LogP contribution in [0.2, 0.25) is 0 Å². The van der Waals surface area contributed by atoms with Crippen LogP contribution >= 0.6 is 0 Å². The summed E-state index contributed by atoms with van der Waals surface area (Å²) < 4.78 is 4.90. The molecule has 5 nitrogen and oxygen atoms in total. The number of pyridine rings is 1. The maximum Gasteiger partial charge on any atom is 0.310 e. The number of esters is 1. The Balaban J connectivity index is 1.80. The van der Waals surface area contributed by atoms with Crippen molar-refractivity contribution in [2.24, 2.45) is 5.92 Å². The lowest BCUT2D eigenvalue weighted by Gasteiger charge is -2.24. The van der Waals surface area contributed by atoms with Crippen molar-refractivity contribution in [3.05, 3.63) is 30.1 Å². The average molecular weight is 318 g/mol. The lowest BCUT2D eigenvalue weighted by Crippen LogP contribution is -2.43. The smallest absolute Gasteiger partial charge is 0.310 e. The molecule has 0 unspecified atom stereocenters. The molecule has 0 aliphatic heterocycles. The number of aromatic nitrogens is 1. The highest BCUT2D eigenvalue weighted by Crippen LogP contribution is 2.24. The summed E-state index contributed by atoms with van der Waals surface area (Å²) in [5.41, 5.74) is 1.00. The van der Waals surface area contributed by atoms with Gasteiger partial charge in [-0.1, -0.05) is 25.3 Å². The largest absolute Gasteiger partial charge is 0.469 e. The predicted octanol–water partition coefficient (Wildman–Crippen LogP) is 2.64. The van der Waals surface area contributed by atoms with Crippen LogP contribution in [0.3, 0.4) is 0 Å². The van der Waals surface area contributed by atoms with Gasteiger partial charge in [0.05, 0.1) is 13.0 Å². The molecule has 1 amide bonds. The van der Waals surface area contributed by atoms with Crippen molar-refractivity contribution < 1.29 is 14.3 Å². The van der Waals surface area contributed by atoms with E-state index in [1.807, 2.05) is 18.2 Å². The molecule has 2 atom stereocenters. The fourth-order valence-corrected chi connectivity index (χ4v) is 3.17. The number of nitrogens with zero attached hydrogens (tertiary/aromatic N) is 1. The summed E-state index contributed by atoms with van der Waals surface area (Å²) in [6.45, 7) is 0. The van der Waals surface area contributed by atoms with E-state index in [1.54, 1.807) is 6.20 Å². The van der Waals surface area contributed by atoms with Crippen LogP contribution in [-0.2, 0) is 20.7 Å². The fourth-order valence-electron chi connectivity index (χ4n) is 3.17. The maximum absolute atomic E-state index is 12.2. The Morgan fingerprint density at radius 2 is 2.09 bits per heavy atom. The van der Waals surface area contributed by atoms with Crippen LogP contribution in [0, 0.1) is 5.92 Å². The van der Waals surface area contributed by atoms with Gasteiger partial charge in [-0.25, -0.2) is 0 Å². The van der Waals surface area contributed by atoms with Gasteiger partial charge < -0.3 is 10.1 Å². The van der Waals surface area contributed by atoms with Gasteiger partial charge in [0.1, 0.15) is 0 Å². The third-order valence-electron chi connectivity index (χ3n) is 4.43. The summed E-state index contributed by atoms with van der Waals surface area (Å²) in [6.07, 6.45) is 8.61. The molecule has 0 spiro atoms. The standard InChI is InChI=1S/C18H26N2O3/c1-23-18(22)15-10-3-2-4-11-16(15)20-17(21)12-7-9-14-8-5-6-13-19-14/h5-6,8,13,15-16H,2-4,7,9-12H2,1H3,(H,20,21)/t15-,16+/m0/s1. The van der Waals surface area contributed by atoms with Crippen molar-refractivity contribution in [2.45, 2.75) is 57.4 Å². The van der Waals surface area contributed by atoms with Gasteiger partial charge in [-0.15, -0.1) is 0 Å². The first-order valence-electron chi connectivity index (χ1n) is 8.48. The average Bonchev–Trinajstić information content (AvgIpc) is 2.80. The van der Waals surface area contributed by atoms with Gasteiger partial charge in [-0.3, -0.25) is 14.6 Å². The first-order valence-corrected chi connectivity index (χ1v) is 8.48. The minimum Gasteiger partial charge on any atom is -0.469 e. The predicted molar refractivity (Wildman–Crippen MR) is 87.7 cm³/mol. The van der Waals surface area contributed by atoms with Crippen molar-refractivity contribution in [2.75, 3.05) is 7.11 Å². The molecule has 1 aliphatic carbocycles. The van der Waals surface area contributed by atoms with Crippen molar-refractivity contribution in [3.63, 3.8) is 0 Å². The van der Waals surface area contributed by atoms with E-state index in [-0.39, 0.29) is 23.8 Å². The number of amides is 1. The maximum atomic E-state index is 12.2. The zero-order valence-electron chi connectivity index (χ0n) is 13.8. The minimum atomic E-state index is -0.206. The SMILES string of the molecule is COC(=O)[C@H]1CCCCC[C@H]1NC(=O)CCCc1ccccn1. The topological polar surface area (TPSA) is 68.3 Å². The Bertz CT molecular complexity index is 504. The number of hydrogen-bond donors (Lipinski definition) is 1. The van der Waals surface area contributed by atoms with Crippen LogP contribution < -0.4 is 5.32 Å². The second-order valence-corrected chi connectivity index (χ2v) is 6.12. The number of carbonyl (C=O) groups excluding carboxylic acids is 2. The molecule has 0 bridgehead atoms. The molecule has 1 aliphatic rings. The molecule has 1 aromatic rings. The first-order chi connectivity index (χ1) is 11.2. The summed E-state index contributed by atoms with van der Waals surface area (Å²) in [7, 11) is 1.42. The fraction of sp³-hybridized carbons (Fsp3) is 0.611. The highest BCUT2D eigenvalue weighted by Gasteiger charge is 2.31. The highest BCUT2D eigenvalue weighted by molar-refractivity contribution is 5.78. The van der Waals surface area contributed by atoms with Gasteiger partial charge in [0.2, 0.25) is 5.91 Å². The molecule has 126 valence electrons. The molecule has 1 heterocycles. The van der Waals surface area contributed by atoms with Crippen LogP contribution in [0.25, 0.3) is 0 Å². The van der Waals surface area contributed by atoms with Gasteiger partial charge >= 0.3 is 5.97 Å². The van der Waals surface area contributed by atoms with E-state index in [4.69, 9.17) is 4.74 Å². The minimum absolute atomic E-state index is 0.0155. The molecule has 0 saturated heterocycles. The molecule has 23 heavy (non-hydrogen) atoms. The molecule has 1 aromatic heterocycles. The van der Waals surface area contributed by atoms with E-state index in [2.05, 4.69) is 10.3 Å². The summed E-state index contributed by atoms with van der Waals surface area (Å²) in [4.78, 5) is 28.4. The Morgan fingerprint density at radius 3 is 2.83 bits per heavy atom. The quantitative estimate of drug-likeness (QED) is 0.647. The molecule has 1 N–H and O–H groups in total. The third-order valence-corrected chi connectivity index (χ3v) is 4.43. The number of rotatable bonds is 6. The molecule has 0 radical (unpaired) electrons. The van der Waals surface area contributed by atoms with E-state index >= 15 is 0 Å².